The zero-order valence-electron chi connectivity index (χ0n) is 11.7. The summed E-state index contributed by atoms with van der Waals surface area (Å²) in [5.74, 6) is 1.85. The average molecular weight is 236 g/mol. The second-order valence-corrected chi connectivity index (χ2v) is 4.49. The predicted molar refractivity (Wildman–Crippen MR) is 72.3 cm³/mol. The quantitative estimate of drug-likeness (QED) is 0.812. The minimum absolute atomic E-state index is 0.850. The average Bonchev–Trinajstić information content (AvgIpc) is 2.28. The molecule has 4 nitrogen and oxygen atoms in total. The second-order valence-electron chi connectivity index (χ2n) is 4.49. The van der Waals surface area contributed by atoms with Gasteiger partial charge in [0.2, 0.25) is 0 Å². The van der Waals surface area contributed by atoms with Crippen molar-refractivity contribution >= 4 is 5.82 Å². The number of aryl methyl sites for hydroxylation is 1. The standard InChI is InChI=1S/C10H16N4.C3H8/c1-7-12-9-6-14(3)5-4-8(9)10(11-2)13-7;1-3-2/h4-6H2,1-3H3,(H,11,12,13);3H2,1-2H3. The van der Waals surface area contributed by atoms with Gasteiger partial charge in [-0.15, -0.1) is 0 Å². The van der Waals surface area contributed by atoms with Gasteiger partial charge in [0.25, 0.3) is 0 Å². The Morgan fingerprint density at radius 2 is 1.94 bits per heavy atom. The molecule has 0 atom stereocenters. The van der Waals surface area contributed by atoms with Crippen LogP contribution < -0.4 is 5.32 Å². The van der Waals surface area contributed by atoms with Crippen LogP contribution in [0.15, 0.2) is 0 Å². The van der Waals surface area contributed by atoms with Gasteiger partial charge in [-0.2, -0.15) is 0 Å². The summed E-state index contributed by atoms with van der Waals surface area (Å²) in [6.07, 6.45) is 2.29. The first kappa shape index (κ1) is 13.9. The van der Waals surface area contributed by atoms with E-state index in [1.807, 2.05) is 14.0 Å². The monoisotopic (exact) mass is 236 g/mol. The van der Waals surface area contributed by atoms with Gasteiger partial charge in [-0.3, -0.25) is 0 Å². The smallest absolute Gasteiger partial charge is 0.133 e. The van der Waals surface area contributed by atoms with Crippen LogP contribution in [0, 0.1) is 6.92 Å². The summed E-state index contributed by atoms with van der Waals surface area (Å²) >= 11 is 0. The van der Waals surface area contributed by atoms with Crippen molar-refractivity contribution < 1.29 is 0 Å². The fraction of sp³-hybridized carbons (Fsp3) is 0.692. The van der Waals surface area contributed by atoms with E-state index in [9.17, 15) is 0 Å². The Morgan fingerprint density at radius 1 is 1.29 bits per heavy atom. The Kier molecular flexibility index (Phi) is 5.35. The number of aromatic nitrogens is 2. The first-order chi connectivity index (χ1) is 8.12. The van der Waals surface area contributed by atoms with Crippen molar-refractivity contribution in [1.82, 2.24) is 14.9 Å². The topological polar surface area (TPSA) is 41.1 Å². The second kappa shape index (κ2) is 6.55. The molecule has 1 aromatic rings. The molecule has 0 amide bonds. The van der Waals surface area contributed by atoms with E-state index in [2.05, 4.69) is 41.1 Å². The largest absolute Gasteiger partial charge is 0.373 e. The minimum atomic E-state index is 0.850. The molecular formula is C13H24N4. The summed E-state index contributed by atoms with van der Waals surface area (Å²) in [6, 6.07) is 0. The van der Waals surface area contributed by atoms with Crippen LogP contribution in [0.1, 0.15) is 37.4 Å². The van der Waals surface area contributed by atoms with Crippen LogP contribution in [0.5, 0.6) is 0 Å². The molecule has 0 spiro atoms. The molecule has 0 aromatic carbocycles. The van der Waals surface area contributed by atoms with E-state index < -0.39 is 0 Å². The van der Waals surface area contributed by atoms with Crippen LogP contribution in [-0.2, 0) is 13.0 Å². The number of hydrogen-bond donors (Lipinski definition) is 1. The summed E-state index contributed by atoms with van der Waals surface area (Å²) in [7, 11) is 4.04. The summed E-state index contributed by atoms with van der Waals surface area (Å²) in [5, 5.41) is 3.14. The SMILES string of the molecule is CCC.CNc1nc(C)nc2c1CCN(C)C2. The van der Waals surface area contributed by atoms with E-state index in [0.717, 1.165) is 31.2 Å². The maximum Gasteiger partial charge on any atom is 0.133 e. The first-order valence-corrected chi connectivity index (χ1v) is 6.35. The lowest BCUT2D eigenvalue weighted by molar-refractivity contribution is 0.307. The number of anilines is 1. The molecule has 0 saturated heterocycles. The molecule has 1 N–H and O–H groups in total. The van der Waals surface area contributed by atoms with E-state index >= 15 is 0 Å². The van der Waals surface area contributed by atoms with Crippen molar-refractivity contribution in [1.29, 1.82) is 0 Å². The fourth-order valence-electron chi connectivity index (χ4n) is 1.89. The Balaban J connectivity index is 0.000000437. The van der Waals surface area contributed by atoms with Gasteiger partial charge in [-0.25, -0.2) is 9.97 Å². The van der Waals surface area contributed by atoms with Crippen LogP contribution in [-0.4, -0.2) is 35.5 Å². The van der Waals surface area contributed by atoms with E-state index in [0.29, 0.717) is 0 Å². The maximum absolute atomic E-state index is 4.48. The molecule has 2 heterocycles. The molecule has 17 heavy (non-hydrogen) atoms. The normalized spacial score (nSPS) is 14.6. The van der Waals surface area contributed by atoms with Gasteiger partial charge >= 0.3 is 0 Å². The van der Waals surface area contributed by atoms with Crippen molar-refractivity contribution in [3.8, 4) is 0 Å². The van der Waals surface area contributed by atoms with E-state index in [1.54, 1.807) is 0 Å². The Hall–Kier alpha value is -1.16. The molecule has 1 aromatic heterocycles. The van der Waals surface area contributed by atoms with Crippen molar-refractivity contribution in [2.45, 2.75) is 40.2 Å². The van der Waals surface area contributed by atoms with Gasteiger partial charge in [0, 0.05) is 25.7 Å². The van der Waals surface area contributed by atoms with E-state index in [-0.39, 0.29) is 0 Å². The highest BCUT2D eigenvalue weighted by Gasteiger charge is 2.18. The first-order valence-electron chi connectivity index (χ1n) is 6.35. The zero-order chi connectivity index (χ0) is 12.8. The summed E-state index contributed by atoms with van der Waals surface area (Å²) in [6.45, 7) is 8.22. The highest BCUT2D eigenvalue weighted by molar-refractivity contribution is 5.47. The number of nitrogens with one attached hydrogen (secondary N) is 1. The highest BCUT2D eigenvalue weighted by atomic mass is 15.1. The summed E-state index contributed by atoms with van der Waals surface area (Å²) < 4.78 is 0. The highest BCUT2D eigenvalue weighted by Crippen LogP contribution is 2.22. The molecule has 0 radical (unpaired) electrons. The Labute approximate surface area is 104 Å². The molecule has 0 saturated carbocycles. The minimum Gasteiger partial charge on any atom is -0.373 e. The van der Waals surface area contributed by atoms with Gasteiger partial charge in [0.05, 0.1) is 5.69 Å². The third kappa shape index (κ3) is 3.66. The number of nitrogens with zero attached hydrogens (tertiary/aromatic N) is 3. The van der Waals surface area contributed by atoms with Crippen molar-refractivity contribution in [2.24, 2.45) is 0 Å². The van der Waals surface area contributed by atoms with Crippen LogP contribution in [0.3, 0.4) is 0 Å². The molecule has 0 aliphatic carbocycles. The van der Waals surface area contributed by atoms with Gasteiger partial charge in [0.1, 0.15) is 11.6 Å². The van der Waals surface area contributed by atoms with Crippen LogP contribution in [0.2, 0.25) is 0 Å². The summed E-state index contributed by atoms with van der Waals surface area (Å²) in [5.41, 5.74) is 2.46. The predicted octanol–water partition coefficient (Wildman–Crippen LogP) is 2.23. The lowest BCUT2D eigenvalue weighted by atomic mass is 10.1. The third-order valence-corrected chi connectivity index (χ3v) is 2.60. The molecule has 1 aliphatic rings. The van der Waals surface area contributed by atoms with Gasteiger partial charge in [0.15, 0.2) is 0 Å². The van der Waals surface area contributed by atoms with Crippen molar-refractivity contribution in [3.05, 3.63) is 17.1 Å². The molecule has 96 valence electrons. The van der Waals surface area contributed by atoms with E-state index in [1.165, 1.54) is 17.7 Å². The Bertz CT molecular complexity index is 363. The molecule has 4 heteroatoms. The molecule has 1 aliphatic heterocycles. The van der Waals surface area contributed by atoms with Gasteiger partial charge in [-0.05, 0) is 20.4 Å². The maximum atomic E-state index is 4.48. The van der Waals surface area contributed by atoms with Crippen LogP contribution >= 0.6 is 0 Å². The number of likely N-dealkylation sites (N-methyl/N-ethyl adjacent to an activating group) is 1. The lowest BCUT2D eigenvalue weighted by Gasteiger charge is -2.25. The van der Waals surface area contributed by atoms with Crippen LogP contribution in [0.4, 0.5) is 5.82 Å². The molecular weight excluding hydrogens is 212 g/mol. The molecule has 0 unspecified atom stereocenters. The number of fused-ring (bicyclic) bond motifs is 1. The van der Waals surface area contributed by atoms with Gasteiger partial charge in [-0.1, -0.05) is 20.3 Å². The summed E-state index contributed by atoms with van der Waals surface area (Å²) in [4.78, 5) is 11.2. The molecule has 2 rings (SSSR count). The number of rotatable bonds is 1. The number of hydrogen-bond acceptors (Lipinski definition) is 4. The van der Waals surface area contributed by atoms with Crippen LogP contribution in [0.25, 0.3) is 0 Å². The fourth-order valence-corrected chi connectivity index (χ4v) is 1.89. The van der Waals surface area contributed by atoms with Gasteiger partial charge < -0.3 is 10.2 Å². The van der Waals surface area contributed by atoms with E-state index in [4.69, 9.17) is 0 Å². The third-order valence-electron chi connectivity index (χ3n) is 2.60. The molecule has 0 bridgehead atoms. The van der Waals surface area contributed by atoms with Crippen molar-refractivity contribution in [2.75, 3.05) is 26.0 Å². The van der Waals surface area contributed by atoms with Crippen molar-refractivity contribution in [3.63, 3.8) is 0 Å². The lowest BCUT2D eigenvalue weighted by Crippen LogP contribution is -2.28. The Morgan fingerprint density at radius 3 is 2.53 bits per heavy atom. The zero-order valence-corrected chi connectivity index (χ0v) is 11.7. The molecule has 0 fully saturated rings.